The normalized spacial score (nSPS) is 10.2. The van der Waals surface area contributed by atoms with Gasteiger partial charge in [0.15, 0.2) is 0 Å². The quantitative estimate of drug-likeness (QED) is 0.685. The lowest BCUT2D eigenvalue weighted by molar-refractivity contribution is 0.865. The Morgan fingerprint density at radius 3 is 1.77 bits per heavy atom. The second-order valence-corrected chi connectivity index (χ2v) is 3.52. The molecule has 0 fully saturated rings. The highest BCUT2D eigenvalue weighted by atomic mass is 15.1. The Labute approximate surface area is 81.4 Å². The van der Waals surface area contributed by atoms with Gasteiger partial charge in [-0.25, -0.2) is 0 Å². The average Bonchev–Trinajstić information content (AvgIpc) is 2.04. The summed E-state index contributed by atoms with van der Waals surface area (Å²) >= 11 is 0. The molecule has 0 aliphatic carbocycles. The summed E-state index contributed by atoms with van der Waals surface area (Å²) in [5.74, 6) is 0. The van der Waals surface area contributed by atoms with Crippen molar-refractivity contribution in [1.82, 2.24) is 0 Å². The van der Waals surface area contributed by atoms with Crippen LogP contribution in [0.5, 0.6) is 0 Å². The highest BCUT2D eigenvalue weighted by molar-refractivity contribution is 5.50. The van der Waals surface area contributed by atoms with Crippen molar-refractivity contribution in [2.75, 3.05) is 18.0 Å². The van der Waals surface area contributed by atoms with E-state index in [1.54, 1.807) is 0 Å². The largest absolute Gasteiger partial charge is 0.372 e. The molecule has 13 heavy (non-hydrogen) atoms. The summed E-state index contributed by atoms with van der Waals surface area (Å²) < 4.78 is 0. The Bertz CT molecular complexity index is 254. The lowest BCUT2D eigenvalue weighted by Crippen LogP contribution is -2.21. The van der Waals surface area contributed by atoms with Gasteiger partial charge in [-0.3, -0.25) is 0 Å². The van der Waals surface area contributed by atoms with Crippen LogP contribution >= 0.6 is 0 Å². The number of hydrogen-bond acceptors (Lipinski definition) is 1. The van der Waals surface area contributed by atoms with Gasteiger partial charge in [0.1, 0.15) is 0 Å². The summed E-state index contributed by atoms with van der Waals surface area (Å²) in [6, 6.07) is 6.72. The molecular formula is C12H19N. The molecule has 0 heterocycles. The first-order valence-corrected chi connectivity index (χ1v) is 5.00. The molecule has 0 bridgehead atoms. The fourth-order valence-electron chi connectivity index (χ4n) is 1.72. The van der Waals surface area contributed by atoms with E-state index in [4.69, 9.17) is 0 Å². The van der Waals surface area contributed by atoms with E-state index >= 15 is 0 Å². The van der Waals surface area contributed by atoms with Gasteiger partial charge in [-0.2, -0.15) is 0 Å². The van der Waals surface area contributed by atoms with Gasteiger partial charge in [-0.1, -0.05) is 6.07 Å². The molecule has 0 unspecified atom stereocenters. The summed E-state index contributed by atoms with van der Waals surface area (Å²) in [6.45, 7) is 10.9. The van der Waals surface area contributed by atoms with Gasteiger partial charge >= 0.3 is 0 Å². The Balaban J connectivity index is 2.99. The van der Waals surface area contributed by atoms with E-state index in [-0.39, 0.29) is 0 Å². The monoisotopic (exact) mass is 177 g/mol. The summed E-state index contributed by atoms with van der Waals surface area (Å²) in [5, 5.41) is 0. The van der Waals surface area contributed by atoms with Crippen LogP contribution < -0.4 is 4.90 Å². The van der Waals surface area contributed by atoms with Gasteiger partial charge in [0.05, 0.1) is 0 Å². The lowest BCUT2D eigenvalue weighted by Gasteiger charge is -2.21. The Kier molecular flexibility index (Phi) is 3.35. The number of benzene rings is 1. The van der Waals surface area contributed by atoms with Crippen LogP contribution in [0.3, 0.4) is 0 Å². The maximum absolute atomic E-state index is 2.38. The molecule has 0 saturated carbocycles. The Hall–Kier alpha value is -0.980. The minimum absolute atomic E-state index is 1.08. The van der Waals surface area contributed by atoms with Crippen molar-refractivity contribution in [1.29, 1.82) is 0 Å². The molecule has 0 spiro atoms. The third-order valence-electron chi connectivity index (χ3n) is 2.34. The van der Waals surface area contributed by atoms with Gasteiger partial charge < -0.3 is 4.90 Å². The van der Waals surface area contributed by atoms with Crippen LogP contribution in [0.25, 0.3) is 0 Å². The van der Waals surface area contributed by atoms with E-state index in [2.05, 4.69) is 50.8 Å². The number of rotatable bonds is 3. The molecular weight excluding hydrogens is 158 g/mol. The first-order valence-electron chi connectivity index (χ1n) is 5.00. The molecule has 0 radical (unpaired) electrons. The lowest BCUT2D eigenvalue weighted by atomic mass is 10.1. The van der Waals surface area contributed by atoms with E-state index in [9.17, 15) is 0 Å². The van der Waals surface area contributed by atoms with Crippen molar-refractivity contribution < 1.29 is 0 Å². The van der Waals surface area contributed by atoms with Crippen LogP contribution in [-0.2, 0) is 0 Å². The number of anilines is 1. The third-order valence-corrected chi connectivity index (χ3v) is 2.34. The SMILES string of the molecule is CCN(CC)c1cc(C)cc(C)c1. The maximum atomic E-state index is 2.38. The fraction of sp³-hybridized carbons (Fsp3) is 0.500. The minimum atomic E-state index is 1.08. The topological polar surface area (TPSA) is 3.24 Å². The molecule has 0 aliphatic heterocycles. The number of hydrogen-bond donors (Lipinski definition) is 0. The average molecular weight is 177 g/mol. The van der Waals surface area contributed by atoms with Crippen molar-refractivity contribution in [3.63, 3.8) is 0 Å². The first kappa shape index (κ1) is 10.1. The molecule has 1 aromatic rings. The molecule has 1 aromatic carbocycles. The Morgan fingerprint density at radius 1 is 0.923 bits per heavy atom. The van der Waals surface area contributed by atoms with Gasteiger partial charge in [-0.15, -0.1) is 0 Å². The zero-order chi connectivity index (χ0) is 9.84. The van der Waals surface area contributed by atoms with Crippen molar-refractivity contribution in [3.8, 4) is 0 Å². The van der Waals surface area contributed by atoms with E-state index < -0.39 is 0 Å². The second kappa shape index (κ2) is 4.31. The zero-order valence-corrected chi connectivity index (χ0v) is 9.09. The van der Waals surface area contributed by atoms with Gasteiger partial charge in [-0.05, 0) is 51.0 Å². The van der Waals surface area contributed by atoms with Gasteiger partial charge in [0.2, 0.25) is 0 Å². The standard InChI is InChI=1S/C12H19N/c1-5-13(6-2)12-8-10(3)7-11(4)9-12/h7-9H,5-6H2,1-4H3. The van der Waals surface area contributed by atoms with Crippen molar-refractivity contribution in [2.24, 2.45) is 0 Å². The molecule has 0 amide bonds. The molecule has 0 aliphatic rings. The molecule has 1 nitrogen and oxygen atoms in total. The number of nitrogens with zero attached hydrogens (tertiary/aromatic N) is 1. The molecule has 0 aromatic heterocycles. The summed E-state index contributed by atoms with van der Waals surface area (Å²) in [4.78, 5) is 2.38. The van der Waals surface area contributed by atoms with E-state index in [0.717, 1.165) is 13.1 Å². The van der Waals surface area contributed by atoms with Crippen LogP contribution in [0.15, 0.2) is 18.2 Å². The second-order valence-electron chi connectivity index (χ2n) is 3.52. The van der Waals surface area contributed by atoms with Crippen molar-refractivity contribution in [3.05, 3.63) is 29.3 Å². The first-order chi connectivity index (χ1) is 6.17. The predicted molar refractivity (Wildman–Crippen MR) is 59.5 cm³/mol. The van der Waals surface area contributed by atoms with Crippen LogP contribution in [0.4, 0.5) is 5.69 Å². The third kappa shape index (κ3) is 2.48. The van der Waals surface area contributed by atoms with Crippen LogP contribution in [0.1, 0.15) is 25.0 Å². The predicted octanol–water partition coefficient (Wildman–Crippen LogP) is 3.15. The fourth-order valence-corrected chi connectivity index (χ4v) is 1.72. The van der Waals surface area contributed by atoms with Gasteiger partial charge in [0, 0.05) is 18.8 Å². The van der Waals surface area contributed by atoms with Crippen LogP contribution in [0.2, 0.25) is 0 Å². The van der Waals surface area contributed by atoms with E-state index in [1.807, 2.05) is 0 Å². The summed E-state index contributed by atoms with van der Waals surface area (Å²) in [5.41, 5.74) is 4.05. The molecule has 1 rings (SSSR count). The summed E-state index contributed by atoms with van der Waals surface area (Å²) in [6.07, 6.45) is 0. The number of aryl methyl sites for hydroxylation is 2. The zero-order valence-electron chi connectivity index (χ0n) is 9.09. The highest BCUT2D eigenvalue weighted by Crippen LogP contribution is 2.17. The van der Waals surface area contributed by atoms with Gasteiger partial charge in [0.25, 0.3) is 0 Å². The molecule has 1 heteroatoms. The maximum Gasteiger partial charge on any atom is 0.0371 e. The molecule has 0 atom stereocenters. The smallest absolute Gasteiger partial charge is 0.0371 e. The Morgan fingerprint density at radius 2 is 1.38 bits per heavy atom. The minimum Gasteiger partial charge on any atom is -0.372 e. The summed E-state index contributed by atoms with van der Waals surface area (Å²) in [7, 11) is 0. The van der Waals surface area contributed by atoms with Crippen LogP contribution in [0, 0.1) is 13.8 Å². The molecule has 0 N–H and O–H groups in total. The van der Waals surface area contributed by atoms with Crippen LogP contribution in [-0.4, -0.2) is 13.1 Å². The molecule has 0 saturated heterocycles. The van der Waals surface area contributed by atoms with Crippen molar-refractivity contribution >= 4 is 5.69 Å². The highest BCUT2D eigenvalue weighted by Gasteiger charge is 2.01. The van der Waals surface area contributed by atoms with E-state index in [1.165, 1.54) is 16.8 Å². The molecule has 72 valence electrons. The van der Waals surface area contributed by atoms with Crippen molar-refractivity contribution in [2.45, 2.75) is 27.7 Å². The van der Waals surface area contributed by atoms with E-state index in [0.29, 0.717) is 0 Å².